The van der Waals surface area contributed by atoms with Crippen LogP contribution in [0.5, 0.6) is 0 Å². The second-order valence-electron chi connectivity index (χ2n) is 6.85. The van der Waals surface area contributed by atoms with Gasteiger partial charge in [0.15, 0.2) is 0 Å². The molecule has 0 aromatic heterocycles. The lowest BCUT2D eigenvalue weighted by atomic mass is 9.69. The van der Waals surface area contributed by atoms with E-state index >= 15 is 0 Å². The fourth-order valence-electron chi connectivity index (χ4n) is 4.41. The van der Waals surface area contributed by atoms with Crippen molar-refractivity contribution in [2.24, 2.45) is 11.8 Å². The molecule has 2 bridgehead atoms. The molecule has 3 aliphatic heterocycles. The first kappa shape index (κ1) is 13.5. The maximum Gasteiger partial charge on any atom is 0.240 e. The van der Waals surface area contributed by atoms with Gasteiger partial charge in [0.25, 0.3) is 0 Å². The lowest BCUT2D eigenvalue weighted by Crippen LogP contribution is -2.40. The smallest absolute Gasteiger partial charge is 0.240 e. The van der Waals surface area contributed by atoms with E-state index in [9.17, 15) is 9.59 Å². The first-order valence-corrected chi connectivity index (χ1v) is 7.48. The van der Waals surface area contributed by atoms with Crippen LogP contribution in [0.3, 0.4) is 0 Å². The third-order valence-electron chi connectivity index (χ3n) is 5.46. The van der Waals surface area contributed by atoms with E-state index in [1.165, 1.54) is 4.90 Å². The molecule has 0 N–H and O–H groups in total. The van der Waals surface area contributed by atoms with Gasteiger partial charge in [-0.15, -0.1) is 0 Å². The first-order valence-electron chi connectivity index (χ1n) is 7.48. The molecule has 3 heterocycles. The molecule has 22 heavy (non-hydrogen) atoms. The highest BCUT2D eigenvalue weighted by Crippen LogP contribution is 2.60. The molecular weight excluding hydrogens is 280 g/mol. The Hall–Kier alpha value is -2.19. The van der Waals surface area contributed by atoms with E-state index in [4.69, 9.17) is 10.00 Å². The van der Waals surface area contributed by atoms with E-state index in [0.717, 1.165) is 12.8 Å². The molecule has 5 nitrogen and oxygen atoms in total. The largest absolute Gasteiger partial charge is 0.367 e. The number of hydrogen-bond donors (Lipinski definition) is 0. The summed E-state index contributed by atoms with van der Waals surface area (Å²) in [6, 6.07) is 8.59. The Bertz CT molecular complexity index is 701. The van der Waals surface area contributed by atoms with Crippen molar-refractivity contribution in [2.45, 2.75) is 37.9 Å². The number of fused-ring (bicyclic) bond motifs is 5. The number of nitrogens with zero attached hydrogens (tertiary/aromatic N) is 2. The Labute approximate surface area is 128 Å². The number of imide groups is 1. The van der Waals surface area contributed by atoms with E-state index < -0.39 is 23.0 Å². The highest BCUT2D eigenvalue weighted by Gasteiger charge is 2.72. The molecular formula is C17H16N2O3. The van der Waals surface area contributed by atoms with Crippen LogP contribution in [0.15, 0.2) is 24.3 Å². The normalized spacial score (nSPS) is 39.2. The zero-order valence-corrected chi connectivity index (χ0v) is 12.5. The van der Waals surface area contributed by atoms with E-state index in [0.29, 0.717) is 11.3 Å². The molecule has 3 fully saturated rings. The summed E-state index contributed by atoms with van der Waals surface area (Å²) in [6.45, 7) is 3.88. The molecule has 4 atom stereocenters. The maximum absolute atomic E-state index is 12.8. The molecule has 0 saturated carbocycles. The Morgan fingerprint density at radius 2 is 1.59 bits per heavy atom. The van der Waals surface area contributed by atoms with Crippen LogP contribution in [0.2, 0.25) is 0 Å². The number of carbonyl (C=O) groups is 2. The van der Waals surface area contributed by atoms with Crippen molar-refractivity contribution >= 4 is 17.5 Å². The van der Waals surface area contributed by atoms with Crippen molar-refractivity contribution in [3.05, 3.63) is 29.8 Å². The molecule has 4 rings (SSSR count). The molecule has 1 aromatic carbocycles. The van der Waals surface area contributed by atoms with Gasteiger partial charge in [-0.25, -0.2) is 4.90 Å². The number of ether oxygens (including phenoxy) is 1. The van der Waals surface area contributed by atoms with Gasteiger partial charge in [0.2, 0.25) is 11.8 Å². The SMILES string of the molecule is CC12CCC(C)(O1)C1C(=O)N(c3ccc(C#N)cc3)C(=O)C12. The van der Waals surface area contributed by atoms with Crippen LogP contribution in [0.4, 0.5) is 5.69 Å². The average molecular weight is 296 g/mol. The lowest BCUT2D eigenvalue weighted by molar-refractivity contribution is -0.129. The summed E-state index contributed by atoms with van der Waals surface area (Å²) < 4.78 is 6.06. The molecule has 0 radical (unpaired) electrons. The monoisotopic (exact) mass is 296 g/mol. The highest BCUT2D eigenvalue weighted by atomic mass is 16.5. The molecule has 5 heteroatoms. The summed E-state index contributed by atoms with van der Waals surface area (Å²) in [5.41, 5.74) is -0.0264. The van der Waals surface area contributed by atoms with Gasteiger partial charge in [0.05, 0.1) is 40.4 Å². The summed E-state index contributed by atoms with van der Waals surface area (Å²) in [5.74, 6) is -1.14. The molecule has 112 valence electrons. The minimum absolute atomic E-state index is 0.175. The predicted octanol–water partition coefficient (Wildman–Crippen LogP) is 2.01. The maximum atomic E-state index is 12.8. The van der Waals surface area contributed by atoms with Gasteiger partial charge in [-0.2, -0.15) is 5.26 Å². The molecule has 1 aromatic rings. The van der Waals surface area contributed by atoms with E-state index in [1.54, 1.807) is 24.3 Å². The van der Waals surface area contributed by atoms with Crippen molar-refractivity contribution in [1.29, 1.82) is 5.26 Å². The van der Waals surface area contributed by atoms with E-state index in [1.807, 2.05) is 19.9 Å². The quantitative estimate of drug-likeness (QED) is 0.743. The Morgan fingerprint density at radius 3 is 2.05 bits per heavy atom. The van der Waals surface area contributed by atoms with Crippen molar-refractivity contribution in [2.75, 3.05) is 4.90 Å². The Kier molecular flexibility index (Phi) is 2.43. The second kappa shape index (κ2) is 3.96. The second-order valence-corrected chi connectivity index (χ2v) is 6.85. The number of nitriles is 1. The molecule has 2 amide bonds. The molecule has 3 aliphatic rings. The highest BCUT2D eigenvalue weighted by molar-refractivity contribution is 6.23. The minimum Gasteiger partial charge on any atom is -0.367 e. The average Bonchev–Trinajstić information content (AvgIpc) is 3.04. The molecule has 0 aliphatic carbocycles. The van der Waals surface area contributed by atoms with Gasteiger partial charge in [0.1, 0.15) is 0 Å². The van der Waals surface area contributed by atoms with Gasteiger partial charge < -0.3 is 4.74 Å². The third kappa shape index (κ3) is 1.46. The number of anilines is 1. The lowest BCUT2D eigenvalue weighted by Gasteiger charge is -2.27. The van der Waals surface area contributed by atoms with Crippen LogP contribution in [-0.4, -0.2) is 23.0 Å². The van der Waals surface area contributed by atoms with Gasteiger partial charge in [-0.3, -0.25) is 9.59 Å². The third-order valence-corrected chi connectivity index (χ3v) is 5.46. The number of rotatable bonds is 1. The Morgan fingerprint density at radius 1 is 1.09 bits per heavy atom. The van der Waals surface area contributed by atoms with E-state index in [2.05, 4.69) is 0 Å². The molecule has 0 spiro atoms. The fourth-order valence-corrected chi connectivity index (χ4v) is 4.41. The summed E-state index contributed by atoms with van der Waals surface area (Å²) in [7, 11) is 0. The number of hydrogen-bond acceptors (Lipinski definition) is 4. The molecule has 3 saturated heterocycles. The fraction of sp³-hybridized carbons (Fsp3) is 0.471. The zero-order valence-electron chi connectivity index (χ0n) is 12.5. The number of benzene rings is 1. The standard InChI is InChI=1S/C17H16N2O3/c1-16-7-8-17(2,22-16)13-12(16)14(20)19(15(13)21)11-5-3-10(9-18)4-6-11/h3-6,12-13H,7-8H2,1-2H3. The van der Waals surface area contributed by atoms with Gasteiger partial charge in [-0.1, -0.05) is 0 Å². The summed E-state index contributed by atoms with van der Waals surface area (Å²) in [6.07, 6.45) is 1.62. The number of carbonyl (C=O) groups excluding carboxylic acids is 2. The van der Waals surface area contributed by atoms with Crippen LogP contribution in [-0.2, 0) is 14.3 Å². The van der Waals surface area contributed by atoms with Crippen molar-refractivity contribution in [1.82, 2.24) is 0 Å². The first-order chi connectivity index (χ1) is 10.4. The van der Waals surface area contributed by atoms with Gasteiger partial charge in [-0.05, 0) is 51.0 Å². The Balaban J connectivity index is 1.77. The van der Waals surface area contributed by atoms with Crippen LogP contribution in [0, 0.1) is 23.2 Å². The van der Waals surface area contributed by atoms with Gasteiger partial charge in [0, 0.05) is 0 Å². The van der Waals surface area contributed by atoms with Crippen LogP contribution in [0.25, 0.3) is 0 Å². The van der Waals surface area contributed by atoms with Crippen LogP contribution < -0.4 is 4.90 Å². The number of amides is 2. The minimum atomic E-state index is -0.534. The van der Waals surface area contributed by atoms with Gasteiger partial charge >= 0.3 is 0 Å². The van der Waals surface area contributed by atoms with Crippen molar-refractivity contribution in [3.8, 4) is 6.07 Å². The van der Waals surface area contributed by atoms with Crippen molar-refractivity contribution < 1.29 is 14.3 Å². The summed E-state index contributed by atoms with van der Waals surface area (Å²) in [5, 5.41) is 8.86. The summed E-state index contributed by atoms with van der Waals surface area (Å²) >= 11 is 0. The zero-order chi connectivity index (χ0) is 15.7. The predicted molar refractivity (Wildman–Crippen MR) is 77.8 cm³/mol. The topological polar surface area (TPSA) is 70.4 Å². The van der Waals surface area contributed by atoms with Crippen LogP contribution >= 0.6 is 0 Å². The van der Waals surface area contributed by atoms with Crippen LogP contribution in [0.1, 0.15) is 32.3 Å². The molecule has 4 unspecified atom stereocenters. The van der Waals surface area contributed by atoms with E-state index in [-0.39, 0.29) is 11.8 Å². The van der Waals surface area contributed by atoms with Crippen molar-refractivity contribution in [3.63, 3.8) is 0 Å². The summed E-state index contributed by atoms with van der Waals surface area (Å²) in [4.78, 5) is 27.0.